The second-order valence-electron chi connectivity index (χ2n) is 4.93. The van der Waals surface area contributed by atoms with E-state index in [1.807, 2.05) is 39.4 Å². The number of thioether (sulfide) groups is 1. The van der Waals surface area contributed by atoms with E-state index in [0.717, 1.165) is 23.0 Å². The second kappa shape index (κ2) is 7.69. The van der Waals surface area contributed by atoms with E-state index in [2.05, 4.69) is 16.5 Å². The fourth-order valence-electron chi connectivity index (χ4n) is 2.02. The molecule has 0 aliphatic heterocycles. The first-order valence-electron chi connectivity index (χ1n) is 6.98. The SMILES string of the molecule is CCNC(C)(CCSc1cc(C)nn1C)C(=O)OCC. The topological polar surface area (TPSA) is 56.2 Å². The summed E-state index contributed by atoms with van der Waals surface area (Å²) in [4.78, 5) is 12.1. The molecule has 5 nitrogen and oxygen atoms in total. The molecule has 1 rings (SSSR count). The van der Waals surface area contributed by atoms with Crippen LogP contribution in [-0.2, 0) is 16.6 Å². The van der Waals surface area contributed by atoms with Crippen LogP contribution in [0.3, 0.4) is 0 Å². The number of hydrogen-bond acceptors (Lipinski definition) is 5. The standard InChI is InChI=1S/C14H25N3O2S/c1-6-15-14(4,13(18)19-7-2)8-9-20-12-10-11(3)16-17(12)5/h10,15H,6-9H2,1-5H3. The molecule has 0 fully saturated rings. The Bertz CT molecular complexity index is 448. The number of hydrogen-bond donors (Lipinski definition) is 1. The molecule has 1 heterocycles. The average molecular weight is 299 g/mol. The normalized spacial score (nSPS) is 14.1. The Morgan fingerprint density at radius 2 is 2.25 bits per heavy atom. The number of likely N-dealkylation sites (N-methyl/N-ethyl adjacent to an activating group) is 1. The van der Waals surface area contributed by atoms with Crippen molar-refractivity contribution in [3.63, 3.8) is 0 Å². The minimum absolute atomic E-state index is 0.177. The third-order valence-corrected chi connectivity index (χ3v) is 4.19. The Labute approximate surface area is 125 Å². The molecule has 114 valence electrons. The van der Waals surface area contributed by atoms with Crippen LogP contribution in [0.25, 0.3) is 0 Å². The van der Waals surface area contributed by atoms with Crippen LogP contribution in [-0.4, -0.2) is 40.2 Å². The smallest absolute Gasteiger partial charge is 0.326 e. The molecule has 0 aromatic carbocycles. The predicted octanol–water partition coefficient (Wildman–Crippen LogP) is 2.14. The second-order valence-corrected chi connectivity index (χ2v) is 6.04. The zero-order valence-electron chi connectivity index (χ0n) is 13.0. The minimum Gasteiger partial charge on any atom is -0.465 e. The Hall–Kier alpha value is -1.01. The summed E-state index contributed by atoms with van der Waals surface area (Å²) < 4.78 is 7.03. The minimum atomic E-state index is -0.620. The Balaban J connectivity index is 2.58. The van der Waals surface area contributed by atoms with E-state index < -0.39 is 5.54 Å². The summed E-state index contributed by atoms with van der Waals surface area (Å²) in [5.74, 6) is 0.657. The molecular formula is C14H25N3O2S. The lowest BCUT2D eigenvalue weighted by atomic mass is 9.99. The molecule has 0 saturated carbocycles. The molecule has 1 aromatic heterocycles. The van der Waals surface area contributed by atoms with Crippen LogP contribution in [0, 0.1) is 6.92 Å². The highest BCUT2D eigenvalue weighted by atomic mass is 32.2. The van der Waals surface area contributed by atoms with Crippen LogP contribution in [0.4, 0.5) is 0 Å². The fourth-order valence-corrected chi connectivity index (χ4v) is 3.23. The van der Waals surface area contributed by atoms with Crippen LogP contribution in [0.15, 0.2) is 11.1 Å². The molecule has 1 unspecified atom stereocenters. The Morgan fingerprint density at radius 1 is 1.55 bits per heavy atom. The van der Waals surface area contributed by atoms with Gasteiger partial charge >= 0.3 is 5.97 Å². The van der Waals surface area contributed by atoms with Gasteiger partial charge in [0, 0.05) is 12.8 Å². The number of nitrogens with zero attached hydrogens (tertiary/aromatic N) is 2. The van der Waals surface area contributed by atoms with E-state index in [-0.39, 0.29) is 5.97 Å². The lowest BCUT2D eigenvalue weighted by molar-refractivity contribution is -0.150. The molecule has 0 saturated heterocycles. The number of aryl methyl sites for hydroxylation is 2. The zero-order valence-corrected chi connectivity index (χ0v) is 13.8. The van der Waals surface area contributed by atoms with Gasteiger partial charge in [0.2, 0.25) is 0 Å². The number of nitrogens with one attached hydrogen (secondary N) is 1. The van der Waals surface area contributed by atoms with Crippen molar-refractivity contribution in [2.75, 3.05) is 18.9 Å². The summed E-state index contributed by atoms with van der Waals surface area (Å²) in [6.45, 7) is 8.86. The molecule has 0 amide bonds. The van der Waals surface area contributed by atoms with Gasteiger partial charge < -0.3 is 10.1 Å². The van der Waals surface area contributed by atoms with Gasteiger partial charge in [-0.05, 0) is 39.8 Å². The maximum absolute atomic E-state index is 12.1. The van der Waals surface area contributed by atoms with Crippen molar-refractivity contribution in [2.45, 2.75) is 44.7 Å². The Morgan fingerprint density at radius 3 is 2.75 bits per heavy atom. The molecule has 1 N–H and O–H groups in total. The summed E-state index contributed by atoms with van der Waals surface area (Å²) in [5.41, 5.74) is 0.389. The lowest BCUT2D eigenvalue weighted by Gasteiger charge is -2.27. The quantitative estimate of drug-likeness (QED) is 0.589. The van der Waals surface area contributed by atoms with E-state index in [0.29, 0.717) is 13.0 Å². The molecule has 1 aromatic rings. The van der Waals surface area contributed by atoms with Crippen LogP contribution in [0.1, 0.15) is 32.9 Å². The molecule has 1 atom stereocenters. The van der Waals surface area contributed by atoms with Gasteiger partial charge in [-0.1, -0.05) is 6.92 Å². The van der Waals surface area contributed by atoms with Crippen molar-refractivity contribution in [1.29, 1.82) is 0 Å². The van der Waals surface area contributed by atoms with Crippen molar-refractivity contribution in [3.8, 4) is 0 Å². The van der Waals surface area contributed by atoms with Gasteiger partial charge in [-0.2, -0.15) is 5.10 Å². The molecule has 20 heavy (non-hydrogen) atoms. The molecule has 0 radical (unpaired) electrons. The summed E-state index contributed by atoms with van der Waals surface area (Å²) >= 11 is 1.71. The van der Waals surface area contributed by atoms with E-state index in [1.165, 1.54) is 0 Å². The fraction of sp³-hybridized carbons (Fsp3) is 0.714. The summed E-state index contributed by atoms with van der Waals surface area (Å²) in [7, 11) is 1.93. The number of esters is 1. The zero-order chi connectivity index (χ0) is 15.2. The van der Waals surface area contributed by atoms with Crippen molar-refractivity contribution >= 4 is 17.7 Å². The summed E-state index contributed by atoms with van der Waals surface area (Å²) in [6.07, 6.45) is 0.717. The van der Waals surface area contributed by atoms with Gasteiger partial charge in [-0.15, -0.1) is 11.8 Å². The van der Waals surface area contributed by atoms with Crippen LogP contribution in [0.2, 0.25) is 0 Å². The predicted molar refractivity (Wildman–Crippen MR) is 82.0 cm³/mol. The number of aromatic nitrogens is 2. The van der Waals surface area contributed by atoms with Gasteiger partial charge in [0.15, 0.2) is 0 Å². The summed E-state index contributed by atoms with van der Waals surface area (Å²) in [5, 5.41) is 8.67. The highest BCUT2D eigenvalue weighted by molar-refractivity contribution is 7.99. The van der Waals surface area contributed by atoms with Crippen molar-refractivity contribution in [2.24, 2.45) is 7.05 Å². The molecule has 6 heteroatoms. The molecule has 0 aliphatic carbocycles. The Kier molecular flexibility index (Phi) is 6.55. The maximum Gasteiger partial charge on any atom is 0.326 e. The highest BCUT2D eigenvalue weighted by Gasteiger charge is 2.33. The van der Waals surface area contributed by atoms with Gasteiger partial charge in [0.1, 0.15) is 5.54 Å². The first-order chi connectivity index (χ1) is 9.42. The third-order valence-electron chi connectivity index (χ3n) is 3.10. The van der Waals surface area contributed by atoms with Crippen molar-refractivity contribution in [1.82, 2.24) is 15.1 Å². The number of carbonyl (C=O) groups excluding carboxylic acids is 1. The lowest BCUT2D eigenvalue weighted by Crippen LogP contribution is -2.50. The third kappa shape index (κ3) is 4.52. The van der Waals surface area contributed by atoms with Gasteiger partial charge in [0.05, 0.1) is 17.3 Å². The van der Waals surface area contributed by atoms with Gasteiger partial charge in [-0.25, -0.2) is 0 Å². The van der Waals surface area contributed by atoms with Crippen molar-refractivity contribution < 1.29 is 9.53 Å². The van der Waals surface area contributed by atoms with Gasteiger partial charge in [-0.3, -0.25) is 9.48 Å². The summed E-state index contributed by atoms with van der Waals surface area (Å²) in [6, 6.07) is 2.06. The highest BCUT2D eigenvalue weighted by Crippen LogP contribution is 2.23. The van der Waals surface area contributed by atoms with E-state index in [1.54, 1.807) is 11.8 Å². The largest absolute Gasteiger partial charge is 0.465 e. The maximum atomic E-state index is 12.1. The van der Waals surface area contributed by atoms with Crippen LogP contribution < -0.4 is 5.32 Å². The van der Waals surface area contributed by atoms with E-state index in [9.17, 15) is 4.79 Å². The molecule has 0 spiro atoms. The number of ether oxygens (including phenoxy) is 1. The van der Waals surface area contributed by atoms with E-state index >= 15 is 0 Å². The molecule has 0 bridgehead atoms. The van der Waals surface area contributed by atoms with E-state index in [4.69, 9.17) is 4.74 Å². The molecular weight excluding hydrogens is 274 g/mol. The number of rotatable bonds is 8. The van der Waals surface area contributed by atoms with Crippen LogP contribution >= 0.6 is 11.8 Å². The first kappa shape index (κ1) is 17.0. The molecule has 0 aliphatic rings. The van der Waals surface area contributed by atoms with Crippen LogP contribution in [0.5, 0.6) is 0 Å². The monoisotopic (exact) mass is 299 g/mol. The first-order valence-corrected chi connectivity index (χ1v) is 7.97. The average Bonchev–Trinajstić information content (AvgIpc) is 2.68. The number of carbonyl (C=O) groups is 1. The van der Waals surface area contributed by atoms with Gasteiger partial charge in [0.25, 0.3) is 0 Å². The van der Waals surface area contributed by atoms with Crippen molar-refractivity contribution in [3.05, 3.63) is 11.8 Å².